The Bertz CT molecular complexity index is 1580. The lowest BCUT2D eigenvalue weighted by Crippen LogP contribution is -2.29. The second-order valence-corrected chi connectivity index (χ2v) is 10.5. The number of methoxy groups -OCH3 is 1. The maximum Gasteiger partial charge on any atom is 0.221 e. The number of amides is 1. The fourth-order valence-electron chi connectivity index (χ4n) is 5.84. The van der Waals surface area contributed by atoms with E-state index in [4.69, 9.17) is 21.9 Å². The van der Waals surface area contributed by atoms with Crippen molar-refractivity contribution in [2.24, 2.45) is 0 Å². The van der Waals surface area contributed by atoms with Gasteiger partial charge in [-0.2, -0.15) is 0 Å². The van der Waals surface area contributed by atoms with Crippen molar-refractivity contribution in [2.75, 3.05) is 17.3 Å². The Balaban J connectivity index is 1.71. The summed E-state index contributed by atoms with van der Waals surface area (Å²) in [5.41, 5.74) is 9.59. The van der Waals surface area contributed by atoms with E-state index >= 15 is 0 Å². The van der Waals surface area contributed by atoms with Crippen LogP contribution < -0.4 is 20.3 Å². The Kier molecular flexibility index (Phi) is 7.63. The molecule has 1 aliphatic heterocycles. The number of nitrogens with zero attached hydrogens (tertiary/aromatic N) is 3. The minimum absolute atomic E-state index is 0.172. The molecule has 206 valence electrons. The van der Waals surface area contributed by atoms with Crippen LogP contribution in [0.15, 0.2) is 66.9 Å². The normalized spacial score (nSPS) is 16.6. The zero-order valence-corrected chi connectivity index (χ0v) is 24.6. The Hall–Kier alpha value is -4.17. The molecule has 1 amide bonds. The molecule has 40 heavy (non-hydrogen) atoms. The van der Waals surface area contributed by atoms with Crippen molar-refractivity contribution >= 4 is 34.6 Å². The van der Waals surface area contributed by atoms with Gasteiger partial charge in [0.05, 0.1) is 36.3 Å². The van der Waals surface area contributed by atoms with E-state index in [9.17, 15) is 4.79 Å². The third-order valence-corrected chi connectivity index (χ3v) is 7.90. The number of carbonyl (C=O) groups is 1. The third kappa shape index (κ3) is 4.84. The maximum atomic E-state index is 12.0. The molecule has 2 atom stereocenters. The van der Waals surface area contributed by atoms with E-state index in [-0.39, 0.29) is 18.0 Å². The summed E-state index contributed by atoms with van der Waals surface area (Å²) >= 11 is 5.97. The molecule has 2 aromatic heterocycles. The van der Waals surface area contributed by atoms with E-state index in [1.54, 1.807) is 7.11 Å². The molecule has 1 saturated heterocycles. The highest BCUT2D eigenvalue weighted by atomic mass is 32.1. The van der Waals surface area contributed by atoms with Gasteiger partial charge >= 0.3 is 0 Å². The molecule has 7 nitrogen and oxygen atoms in total. The molecule has 1 aliphatic rings. The first-order valence-electron chi connectivity index (χ1n) is 13.5. The first-order valence-corrected chi connectivity index (χ1v) is 13.9. The van der Waals surface area contributed by atoms with Gasteiger partial charge in [-0.3, -0.25) is 9.78 Å². The monoisotopic (exact) mass is 553 g/mol. The van der Waals surface area contributed by atoms with Crippen LogP contribution in [0.25, 0.3) is 5.69 Å². The van der Waals surface area contributed by atoms with Crippen LogP contribution in [0, 0.1) is 20.8 Å². The van der Waals surface area contributed by atoms with E-state index in [0.29, 0.717) is 16.5 Å². The standard InChI is InChI=1S/C32H35N5O2S/c1-7-23-12-10-11-19(2)30(23)36-20(3)17-25(21(36)4)31-29(26-13-8-9-16-33-26)35-32(40)37(31)24-14-15-28(39-6)27(18-24)34-22(5)38/h8-18,29,31H,7H2,1-6H3,(H,34,38)(H,35,40)/t29-,31-/m0/s1. The number of carbonyl (C=O) groups excluding carboxylic acids is 1. The zero-order valence-electron chi connectivity index (χ0n) is 23.8. The summed E-state index contributed by atoms with van der Waals surface area (Å²) in [5.74, 6) is 0.411. The molecule has 0 saturated carbocycles. The van der Waals surface area contributed by atoms with Gasteiger partial charge in [-0.1, -0.05) is 31.2 Å². The molecule has 8 heteroatoms. The van der Waals surface area contributed by atoms with Crippen molar-refractivity contribution in [2.45, 2.75) is 53.1 Å². The summed E-state index contributed by atoms with van der Waals surface area (Å²) in [6, 6.07) is 20.1. The predicted octanol–water partition coefficient (Wildman–Crippen LogP) is 6.50. The lowest BCUT2D eigenvalue weighted by Gasteiger charge is -2.29. The molecule has 4 aromatic rings. The summed E-state index contributed by atoms with van der Waals surface area (Å²) < 4.78 is 7.89. The number of hydrogen-bond acceptors (Lipinski definition) is 4. The number of hydrogen-bond donors (Lipinski definition) is 2. The highest BCUT2D eigenvalue weighted by Gasteiger charge is 2.42. The fourth-order valence-corrected chi connectivity index (χ4v) is 6.18. The molecular weight excluding hydrogens is 518 g/mol. The number of ether oxygens (including phenoxy) is 1. The molecule has 0 bridgehead atoms. The van der Waals surface area contributed by atoms with Crippen LogP contribution in [0.1, 0.15) is 59.7 Å². The van der Waals surface area contributed by atoms with E-state index in [1.807, 2.05) is 42.6 Å². The van der Waals surface area contributed by atoms with E-state index in [2.05, 4.69) is 72.1 Å². The lowest BCUT2D eigenvalue weighted by molar-refractivity contribution is -0.114. The van der Waals surface area contributed by atoms with Crippen LogP contribution in [-0.4, -0.2) is 27.7 Å². The highest BCUT2D eigenvalue weighted by Crippen LogP contribution is 2.45. The topological polar surface area (TPSA) is 71.4 Å². The van der Waals surface area contributed by atoms with E-state index in [0.717, 1.165) is 34.8 Å². The minimum atomic E-state index is -0.185. The zero-order chi connectivity index (χ0) is 28.6. The van der Waals surface area contributed by atoms with Crippen LogP contribution in [0.5, 0.6) is 5.75 Å². The molecule has 0 radical (unpaired) electrons. The van der Waals surface area contributed by atoms with Crippen LogP contribution in [0.3, 0.4) is 0 Å². The molecule has 0 unspecified atom stereocenters. The first-order chi connectivity index (χ1) is 19.2. The largest absolute Gasteiger partial charge is 0.495 e. The summed E-state index contributed by atoms with van der Waals surface area (Å²) in [4.78, 5) is 18.8. The number of aromatic nitrogens is 2. The Morgan fingerprint density at radius 2 is 1.90 bits per heavy atom. The second-order valence-electron chi connectivity index (χ2n) is 10.2. The number of nitrogens with one attached hydrogen (secondary N) is 2. The number of thiocarbonyl (C=S) groups is 1. The molecular formula is C32H35N5O2S. The van der Waals surface area contributed by atoms with Crippen LogP contribution in [-0.2, 0) is 11.2 Å². The smallest absolute Gasteiger partial charge is 0.221 e. The third-order valence-electron chi connectivity index (χ3n) is 7.58. The minimum Gasteiger partial charge on any atom is -0.495 e. The number of benzene rings is 2. The van der Waals surface area contributed by atoms with Gasteiger partial charge in [0.25, 0.3) is 0 Å². The van der Waals surface area contributed by atoms with Crippen LogP contribution >= 0.6 is 12.2 Å². The maximum absolute atomic E-state index is 12.0. The molecule has 3 heterocycles. The predicted molar refractivity (Wildman–Crippen MR) is 165 cm³/mol. The number of aryl methyl sites for hydroxylation is 3. The number of anilines is 2. The van der Waals surface area contributed by atoms with Gasteiger partial charge in [0.1, 0.15) is 5.75 Å². The Labute approximate surface area is 241 Å². The average Bonchev–Trinajstić information content (AvgIpc) is 3.43. The van der Waals surface area contributed by atoms with Crippen molar-refractivity contribution in [3.05, 3.63) is 101 Å². The molecule has 2 N–H and O–H groups in total. The van der Waals surface area contributed by atoms with Crippen LogP contribution in [0.4, 0.5) is 11.4 Å². The lowest BCUT2D eigenvalue weighted by atomic mass is 9.96. The van der Waals surface area contributed by atoms with Gasteiger partial charge in [0, 0.05) is 30.2 Å². The second kappa shape index (κ2) is 11.1. The number of rotatable bonds is 7. The van der Waals surface area contributed by atoms with E-state index in [1.165, 1.54) is 23.7 Å². The van der Waals surface area contributed by atoms with Crippen molar-refractivity contribution in [3.63, 3.8) is 0 Å². The van der Waals surface area contributed by atoms with Crippen molar-refractivity contribution in [1.82, 2.24) is 14.9 Å². The Morgan fingerprint density at radius 3 is 2.58 bits per heavy atom. The van der Waals surface area contributed by atoms with Gasteiger partial charge in [-0.15, -0.1) is 0 Å². The van der Waals surface area contributed by atoms with Crippen LogP contribution in [0.2, 0.25) is 0 Å². The van der Waals surface area contributed by atoms with Gasteiger partial charge in [0.15, 0.2) is 5.11 Å². The first kappa shape index (κ1) is 27.4. The average molecular weight is 554 g/mol. The number of para-hydroxylation sites is 1. The Morgan fingerprint density at radius 1 is 1.10 bits per heavy atom. The fraction of sp³-hybridized carbons (Fsp3) is 0.281. The molecule has 1 fully saturated rings. The molecule has 0 spiro atoms. The number of pyridine rings is 1. The highest BCUT2D eigenvalue weighted by molar-refractivity contribution is 7.80. The van der Waals surface area contributed by atoms with Gasteiger partial charge in [-0.05, 0) is 92.5 Å². The van der Waals surface area contributed by atoms with Crippen molar-refractivity contribution in [1.29, 1.82) is 0 Å². The van der Waals surface area contributed by atoms with Gasteiger partial charge in [0.2, 0.25) is 5.91 Å². The summed E-state index contributed by atoms with van der Waals surface area (Å²) in [7, 11) is 1.59. The summed E-state index contributed by atoms with van der Waals surface area (Å²) in [6.45, 7) is 10.2. The quantitative estimate of drug-likeness (QED) is 0.255. The van der Waals surface area contributed by atoms with Gasteiger partial charge in [-0.25, -0.2) is 0 Å². The van der Waals surface area contributed by atoms with Gasteiger partial charge < -0.3 is 24.8 Å². The molecule has 0 aliphatic carbocycles. The summed E-state index contributed by atoms with van der Waals surface area (Å²) in [6.07, 6.45) is 2.76. The van der Waals surface area contributed by atoms with E-state index < -0.39 is 0 Å². The summed E-state index contributed by atoms with van der Waals surface area (Å²) in [5, 5.41) is 7.04. The van der Waals surface area contributed by atoms with Crippen molar-refractivity contribution < 1.29 is 9.53 Å². The molecule has 2 aromatic carbocycles. The van der Waals surface area contributed by atoms with Crippen molar-refractivity contribution in [3.8, 4) is 11.4 Å². The molecule has 5 rings (SSSR count). The SMILES string of the molecule is CCc1cccc(C)c1-n1c(C)cc([C@H]2[C@H](c3ccccn3)NC(=S)N2c2ccc(OC)c(NC(C)=O)c2)c1C.